The summed E-state index contributed by atoms with van der Waals surface area (Å²) in [7, 11) is 0. The quantitative estimate of drug-likeness (QED) is 0.571. The third-order valence-electron chi connectivity index (χ3n) is 6.25. The lowest BCUT2D eigenvalue weighted by atomic mass is 9.90. The Labute approximate surface area is 194 Å². The van der Waals surface area contributed by atoms with E-state index in [1.54, 1.807) is 24.8 Å². The van der Waals surface area contributed by atoms with Gasteiger partial charge in [0.15, 0.2) is 0 Å². The van der Waals surface area contributed by atoms with Crippen LogP contribution in [0, 0.1) is 5.82 Å². The first-order valence-electron chi connectivity index (χ1n) is 10.7. The third kappa shape index (κ3) is 3.84. The Kier molecular flexibility index (Phi) is 5.32. The molecular weight excluding hydrogens is 441 g/mol. The van der Waals surface area contributed by atoms with Gasteiger partial charge in [0.2, 0.25) is 5.91 Å². The van der Waals surface area contributed by atoms with E-state index >= 15 is 0 Å². The topological polar surface area (TPSA) is 78.5 Å². The van der Waals surface area contributed by atoms with E-state index in [1.165, 1.54) is 12.1 Å². The second-order valence-corrected chi connectivity index (χ2v) is 9.58. The highest BCUT2D eigenvalue weighted by molar-refractivity contribution is 7.99. The second kappa shape index (κ2) is 8.19. The number of urea groups is 1. The molecule has 0 unspecified atom stereocenters. The van der Waals surface area contributed by atoms with E-state index in [1.807, 2.05) is 42.5 Å². The number of nitrogens with one attached hydrogen (secondary N) is 2. The molecule has 0 bridgehead atoms. The molecule has 1 fully saturated rings. The van der Waals surface area contributed by atoms with Crippen LogP contribution in [0.5, 0.6) is 0 Å². The summed E-state index contributed by atoms with van der Waals surface area (Å²) in [5.74, 6) is -0.528. The summed E-state index contributed by atoms with van der Waals surface area (Å²) in [5, 5.41) is 7.60. The van der Waals surface area contributed by atoms with Gasteiger partial charge in [0.1, 0.15) is 17.9 Å². The molecule has 0 saturated carbocycles. The second-order valence-electron chi connectivity index (χ2n) is 8.45. The number of rotatable bonds is 4. The van der Waals surface area contributed by atoms with Crippen molar-refractivity contribution in [3.05, 3.63) is 77.6 Å². The van der Waals surface area contributed by atoms with Gasteiger partial charge in [0.25, 0.3) is 5.91 Å². The predicted octanol–water partition coefficient (Wildman–Crippen LogP) is 4.10. The molecule has 0 aliphatic carbocycles. The van der Waals surface area contributed by atoms with E-state index < -0.39 is 29.9 Å². The monoisotopic (exact) mass is 463 g/mol. The van der Waals surface area contributed by atoms with E-state index in [0.717, 1.165) is 31.9 Å². The molecule has 2 N–H and O–H groups in total. The molecule has 1 saturated heterocycles. The highest BCUT2D eigenvalue weighted by Gasteiger charge is 2.49. The zero-order valence-electron chi connectivity index (χ0n) is 17.9. The SMILES string of the molecule is C[C@@]1(c2ccc3ccccc3c2)NC(=O)N(CC(=O)N[C@H]2CCSc3ccc(F)cc32)C1=O. The van der Waals surface area contributed by atoms with Crippen LogP contribution in [0.3, 0.4) is 0 Å². The van der Waals surface area contributed by atoms with Crippen LogP contribution in [-0.2, 0) is 15.1 Å². The van der Waals surface area contributed by atoms with Crippen molar-refractivity contribution < 1.29 is 18.8 Å². The molecule has 6 nitrogen and oxygen atoms in total. The van der Waals surface area contributed by atoms with E-state index in [0.29, 0.717) is 12.0 Å². The molecule has 0 radical (unpaired) electrons. The maximum Gasteiger partial charge on any atom is 0.325 e. The summed E-state index contributed by atoms with van der Waals surface area (Å²) in [6.45, 7) is 1.24. The fraction of sp³-hybridized carbons (Fsp3) is 0.240. The first-order chi connectivity index (χ1) is 15.8. The van der Waals surface area contributed by atoms with Crippen molar-refractivity contribution in [2.45, 2.75) is 29.8 Å². The van der Waals surface area contributed by atoms with Gasteiger partial charge in [0, 0.05) is 10.6 Å². The zero-order chi connectivity index (χ0) is 23.2. The summed E-state index contributed by atoms with van der Waals surface area (Å²) in [6, 6.07) is 16.9. The molecule has 2 atom stereocenters. The van der Waals surface area contributed by atoms with Gasteiger partial charge >= 0.3 is 6.03 Å². The number of carbonyl (C=O) groups is 3. The highest BCUT2D eigenvalue weighted by atomic mass is 32.2. The maximum absolute atomic E-state index is 13.8. The molecule has 2 aliphatic rings. The van der Waals surface area contributed by atoms with Crippen LogP contribution >= 0.6 is 11.8 Å². The molecule has 2 aliphatic heterocycles. The van der Waals surface area contributed by atoms with Crippen LogP contribution in [-0.4, -0.2) is 35.0 Å². The molecule has 33 heavy (non-hydrogen) atoms. The first-order valence-corrected chi connectivity index (χ1v) is 11.7. The fourth-order valence-electron chi connectivity index (χ4n) is 4.44. The van der Waals surface area contributed by atoms with Gasteiger partial charge in [-0.2, -0.15) is 0 Å². The van der Waals surface area contributed by atoms with Crippen molar-refractivity contribution >= 4 is 40.4 Å². The van der Waals surface area contributed by atoms with Crippen LogP contribution in [0.2, 0.25) is 0 Å². The lowest BCUT2D eigenvalue weighted by Gasteiger charge is -2.27. The lowest BCUT2D eigenvalue weighted by Crippen LogP contribution is -2.44. The van der Waals surface area contributed by atoms with Crippen molar-refractivity contribution in [2.24, 2.45) is 0 Å². The van der Waals surface area contributed by atoms with Crippen LogP contribution in [0.25, 0.3) is 10.8 Å². The van der Waals surface area contributed by atoms with Gasteiger partial charge in [-0.15, -0.1) is 11.8 Å². The van der Waals surface area contributed by atoms with Gasteiger partial charge in [-0.05, 0) is 59.5 Å². The largest absolute Gasteiger partial charge is 0.348 e. The number of thioether (sulfide) groups is 1. The molecule has 168 valence electrons. The molecule has 3 aromatic carbocycles. The van der Waals surface area contributed by atoms with Crippen LogP contribution in [0.15, 0.2) is 65.6 Å². The number of halogens is 1. The molecule has 0 spiro atoms. The van der Waals surface area contributed by atoms with Crippen molar-refractivity contribution in [1.29, 1.82) is 0 Å². The molecule has 5 rings (SSSR count). The number of carbonyl (C=O) groups excluding carboxylic acids is 3. The summed E-state index contributed by atoms with van der Waals surface area (Å²) in [5.41, 5.74) is 0.104. The zero-order valence-corrected chi connectivity index (χ0v) is 18.7. The van der Waals surface area contributed by atoms with Crippen LogP contribution < -0.4 is 10.6 Å². The maximum atomic E-state index is 13.8. The minimum absolute atomic E-state index is 0.364. The minimum atomic E-state index is -1.27. The number of benzene rings is 3. The normalized spacial score (nSPS) is 22.2. The van der Waals surface area contributed by atoms with Crippen LogP contribution in [0.4, 0.5) is 9.18 Å². The Morgan fingerprint density at radius 1 is 1.15 bits per heavy atom. The Morgan fingerprint density at radius 2 is 1.94 bits per heavy atom. The molecule has 0 aromatic heterocycles. The molecule has 8 heteroatoms. The number of fused-ring (bicyclic) bond motifs is 2. The minimum Gasteiger partial charge on any atom is -0.348 e. The van der Waals surface area contributed by atoms with E-state index in [-0.39, 0.29) is 11.9 Å². The standard InChI is InChI=1S/C25H22FN3O3S/c1-25(17-7-6-15-4-2-3-5-16(15)12-17)23(31)29(24(32)28-25)14-22(30)27-20-10-11-33-21-9-8-18(26)13-19(20)21/h2-9,12-13,20H,10-11,14H2,1H3,(H,27,30)(H,28,32)/t20-,25-/m0/s1. The van der Waals surface area contributed by atoms with Gasteiger partial charge in [0.05, 0.1) is 6.04 Å². The van der Waals surface area contributed by atoms with Crippen molar-refractivity contribution in [1.82, 2.24) is 15.5 Å². The Hall–Kier alpha value is -3.39. The predicted molar refractivity (Wildman–Crippen MR) is 124 cm³/mol. The van der Waals surface area contributed by atoms with Gasteiger partial charge in [-0.25, -0.2) is 9.18 Å². The Morgan fingerprint density at radius 3 is 2.76 bits per heavy atom. The summed E-state index contributed by atoms with van der Waals surface area (Å²) >= 11 is 1.61. The number of hydrogen-bond donors (Lipinski definition) is 2. The van der Waals surface area contributed by atoms with Crippen molar-refractivity contribution in [3.8, 4) is 0 Å². The summed E-state index contributed by atoms with van der Waals surface area (Å²) in [6.07, 6.45) is 0.641. The summed E-state index contributed by atoms with van der Waals surface area (Å²) in [4.78, 5) is 40.6. The summed E-state index contributed by atoms with van der Waals surface area (Å²) < 4.78 is 13.8. The number of hydrogen-bond acceptors (Lipinski definition) is 4. The molecular formula is C25H22FN3O3S. The van der Waals surface area contributed by atoms with E-state index in [2.05, 4.69) is 10.6 Å². The number of imide groups is 1. The van der Waals surface area contributed by atoms with Gasteiger partial charge in [-0.1, -0.05) is 36.4 Å². The van der Waals surface area contributed by atoms with Gasteiger partial charge < -0.3 is 10.6 Å². The molecule has 2 heterocycles. The first kappa shape index (κ1) is 21.5. The number of amides is 4. The Balaban J connectivity index is 1.33. The average molecular weight is 464 g/mol. The smallest absolute Gasteiger partial charge is 0.325 e. The fourth-order valence-corrected chi connectivity index (χ4v) is 5.54. The lowest BCUT2D eigenvalue weighted by molar-refractivity contribution is -0.135. The van der Waals surface area contributed by atoms with Crippen molar-refractivity contribution in [2.75, 3.05) is 12.3 Å². The average Bonchev–Trinajstić information content (AvgIpc) is 3.03. The molecule has 4 amide bonds. The Bertz CT molecular complexity index is 1300. The highest BCUT2D eigenvalue weighted by Crippen LogP contribution is 2.36. The third-order valence-corrected chi connectivity index (χ3v) is 7.37. The van der Waals surface area contributed by atoms with E-state index in [4.69, 9.17) is 0 Å². The van der Waals surface area contributed by atoms with Gasteiger partial charge in [-0.3, -0.25) is 14.5 Å². The van der Waals surface area contributed by atoms with E-state index in [9.17, 15) is 18.8 Å². The number of nitrogens with zero attached hydrogens (tertiary/aromatic N) is 1. The molecule has 3 aromatic rings. The van der Waals surface area contributed by atoms with Crippen molar-refractivity contribution in [3.63, 3.8) is 0 Å². The van der Waals surface area contributed by atoms with Crippen LogP contribution in [0.1, 0.15) is 30.5 Å².